The highest BCUT2D eigenvalue weighted by Gasteiger charge is 2.31. The molecule has 1 fully saturated rings. The van der Waals surface area contributed by atoms with Crippen LogP contribution in [-0.4, -0.2) is 51.1 Å². The van der Waals surface area contributed by atoms with Gasteiger partial charge in [-0.05, 0) is 12.5 Å². The van der Waals surface area contributed by atoms with Gasteiger partial charge >= 0.3 is 0 Å². The summed E-state index contributed by atoms with van der Waals surface area (Å²) in [7, 11) is -0.370. The topological polar surface area (TPSA) is 71.5 Å². The molecule has 0 aliphatic carbocycles. The van der Waals surface area contributed by atoms with Crippen molar-refractivity contribution in [3.8, 4) is 0 Å². The fourth-order valence-corrected chi connectivity index (χ4v) is 3.59. The van der Waals surface area contributed by atoms with Crippen LogP contribution in [-0.2, 0) is 14.8 Å². The van der Waals surface area contributed by atoms with Crippen molar-refractivity contribution in [2.24, 2.45) is 0 Å². The lowest BCUT2D eigenvalue weighted by molar-refractivity contribution is 0.181. The Hall–Kier alpha value is -0.890. The molecule has 0 bridgehead atoms. The van der Waals surface area contributed by atoms with Gasteiger partial charge in [-0.1, -0.05) is 11.6 Å². The minimum atomic E-state index is -3.59. The van der Waals surface area contributed by atoms with Crippen LogP contribution in [0.15, 0.2) is 17.2 Å². The molecule has 0 saturated carbocycles. The van der Waals surface area contributed by atoms with E-state index >= 15 is 0 Å². The second-order valence-corrected chi connectivity index (χ2v) is 6.69. The standard InChI is InChI=1S/C11H16ClN3O3S/c1-13-11-10(12)5-9(6-14-11)19(16,17)15(2)8-3-4-18-7-8/h5-6,8H,3-4,7H2,1-2H3,(H,13,14). The third-order valence-corrected chi connectivity index (χ3v) is 5.31. The predicted molar refractivity (Wildman–Crippen MR) is 73.0 cm³/mol. The van der Waals surface area contributed by atoms with Crippen LogP contribution in [0.1, 0.15) is 6.42 Å². The van der Waals surface area contributed by atoms with Crippen LogP contribution in [0.5, 0.6) is 0 Å². The molecule has 19 heavy (non-hydrogen) atoms. The smallest absolute Gasteiger partial charge is 0.244 e. The van der Waals surface area contributed by atoms with E-state index < -0.39 is 10.0 Å². The average molecular weight is 306 g/mol. The van der Waals surface area contributed by atoms with E-state index in [1.807, 2.05) is 0 Å². The Morgan fingerprint density at radius 3 is 2.84 bits per heavy atom. The Morgan fingerprint density at radius 1 is 1.58 bits per heavy atom. The Kier molecular flexibility index (Phi) is 4.29. The van der Waals surface area contributed by atoms with Crippen molar-refractivity contribution in [1.82, 2.24) is 9.29 Å². The summed E-state index contributed by atoms with van der Waals surface area (Å²) >= 11 is 5.97. The SMILES string of the molecule is CNc1ncc(S(=O)(=O)N(C)C2CCOC2)cc1Cl. The molecule has 0 radical (unpaired) electrons. The molecule has 0 spiro atoms. The molecule has 1 aliphatic heterocycles. The maximum Gasteiger partial charge on any atom is 0.244 e. The molecule has 1 saturated heterocycles. The number of nitrogens with one attached hydrogen (secondary N) is 1. The van der Waals surface area contributed by atoms with Crippen LogP contribution in [0, 0.1) is 0 Å². The van der Waals surface area contributed by atoms with Crippen molar-refractivity contribution < 1.29 is 13.2 Å². The molecule has 6 nitrogen and oxygen atoms in total. The summed E-state index contributed by atoms with van der Waals surface area (Å²) in [5, 5.41) is 3.06. The van der Waals surface area contributed by atoms with E-state index in [0.717, 1.165) is 0 Å². The van der Waals surface area contributed by atoms with E-state index in [9.17, 15) is 8.42 Å². The number of hydrogen-bond donors (Lipinski definition) is 1. The van der Waals surface area contributed by atoms with E-state index in [2.05, 4.69) is 10.3 Å². The number of likely N-dealkylation sites (N-methyl/N-ethyl adjacent to an activating group) is 1. The molecule has 1 aliphatic rings. The summed E-state index contributed by atoms with van der Waals surface area (Å²) < 4.78 is 31.4. The lowest BCUT2D eigenvalue weighted by atomic mass is 10.3. The van der Waals surface area contributed by atoms with E-state index in [4.69, 9.17) is 16.3 Å². The van der Waals surface area contributed by atoms with Crippen molar-refractivity contribution in [3.05, 3.63) is 17.3 Å². The third-order valence-electron chi connectivity index (χ3n) is 3.15. The van der Waals surface area contributed by atoms with E-state index in [0.29, 0.717) is 25.5 Å². The zero-order valence-electron chi connectivity index (χ0n) is 10.8. The number of pyridine rings is 1. The lowest BCUT2D eigenvalue weighted by Crippen LogP contribution is -2.37. The Bertz CT molecular complexity index is 558. The number of nitrogens with zero attached hydrogens (tertiary/aromatic N) is 2. The normalized spacial score (nSPS) is 19.9. The molecule has 1 N–H and O–H groups in total. The van der Waals surface area contributed by atoms with Gasteiger partial charge in [-0.25, -0.2) is 13.4 Å². The van der Waals surface area contributed by atoms with Crippen LogP contribution in [0.25, 0.3) is 0 Å². The van der Waals surface area contributed by atoms with Gasteiger partial charge in [0.25, 0.3) is 0 Å². The van der Waals surface area contributed by atoms with Gasteiger partial charge in [-0.15, -0.1) is 0 Å². The molecular formula is C11H16ClN3O3S. The maximum atomic E-state index is 12.4. The molecule has 1 aromatic heterocycles. The van der Waals surface area contributed by atoms with Crippen molar-refractivity contribution in [3.63, 3.8) is 0 Å². The van der Waals surface area contributed by atoms with Gasteiger partial charge < -0.3 is 10.1 Å². The lowest BCUT2D eigenvalue weighted by Gasteiger charge is -2.22. The Labute approximate surface area is 117 Å². The second kappa shape index (κ2) is 5.62. The van der Waals surface area contributed by atoms with Crippen molar-refractivity contribution in [1.29, 1.82) is 0 Å². The first-order valence-electron chi connectivity index (χ1n) is 5.86. The number of aromatic nitrogens is 1. The van der Waals surface area contributed by atoms with Gasteiger partial charge in [0, 0.05) is 26.9 Å². The monoisotopic (exact) mass is 305 g/mol. The number of hydrogen-bond acceptors (Lipinski definition) is 5. The molecule has 2 heterocycles. The average Bonchev–Trinajstić information content (AvgIpc) is 2.91. The summed E-state index contributed by atoms with van der Waals surface area (Å²) in [5.74, 6) is 0.451. The van der Waals surface area contributed by atoms with Crippen molar-refractivity contribution >= 4 is 27.4 Å². The number of ether oxygens (including phenoxy) is 1. The quantitative estimate of drug-likeness (QED) is 0.904. The van der Waals surface area contributed by atoms with Gasteiger partial charge in [0.05, 0.1) is 17.7 Å². The Morgan fingerprint density at radius 2 is 2.32 bits per heavy atom. The maximum absolute atomic E-state index is 12.4. The van der Waals surface area contributed by atoms with E-state index in [1.54, 1.807) is 14.1 Å². The fraction of sp³-hybridized carbons (Fsp3) is 0.545. The van der Waals surface area contributed by atoms with Crippen LogP contribution < -0.4 is 5.32 Å². The molecule has 0 aromatic carbocycles. The van der Waals surface area contributed by atoms with Gasteiger partial charge in [0.15, 0.2) is 0 Å². The number of sulfonamides is 1. The summed E-state index contributed by atoms with van der Waals surface area (Å²) in [5.41, 5.74) is 0. The minimum Gasteiger partial charge on any atom is -0.380 e. The van der Waals surface area contributed by atoms with E-state index in [1.165, 1.54) is 16.6 Å². The molecule has 1 aromatic rings. The molecule has 8 heteroatoms. The summed E-state index contributed by atoms with van der Waals surface area (Å²) in [6.07, 6.45) is 2.00. The van der Waals surface area contributed by atoms with Gasteiger partial charge in [-0.2, -0.15) is 4.31 Å². The minimum absolute atomic E-state index is 0.0888. The van der Waals surface area contributed by atoms with E-state index in [-0.39, 0.29) is 16.0 Å². The van der Waals surface area contributed by atoms with Gasteiger partial charge in [-0.3, -0.25) is 0 Å². The highest BCUT2D eigenvalue weighted by atomic mass is 35.5. The first kappa shape index (κ1) is 14.5. The number of rotatable bonds is 4. The third kappa shape index (κ3) is 2.84. The van der Waals surface area contributed by atoms with Crippen LogP contribution in [0.4, 0.5) is 5.82 Å². The second-order valence-electron chi connectivity index (χ2n) is 4.29. The first-order chi connectivity index (χ1) is 8.96. The summed E-state index contributed by atoms with van der Waals surface area (Å²) in [6, 6.07) is 1.27. The molecule has 2 rings (SSSR count). The molecule has 1 atom stereocenters. The van der Waals surface area contributed by atoms with Crippen LogP contribution in [0.3, 0.4) is 0 Å². The molecule has 1 unspecified atom stereocenters. The largest absolute Gasteiger partial charge is 0.380 e. The zero-order chi connectivity index (χ0) is 14.0. The Balaban J connectivity index is 2.30. The first-order valence-corrected chi connectivity index (χ1v) is 7.67. The number of halogens is 1. The fourth-order valence-electron chi connectivity index (χ4n) is 1.92. The van der Waals surface area contributed by atoms with Crippen LogP contribution in [0.2, 0.25) is 5.02 Å². The summed E-state index contributed by atoms with van der Waals surface area (Å²) in [6.45, 7) is 1.01. The van der Waals surface area contributed by atoms with Crippen LogP contribution >= 0.6 is 11.6 Å². The van der Waals surface area contributed by atoms with Gasteiger partial charge in [0.2, 0.25) is 10.0 Å². The molecular weight excluding hydrogens is 290 g/mol. The van der Waals surface area contributed by atoms with Gasteiger partial charge in [0.1, 0.15) is 10.7 Å². The zero-order valence-corrected chi connectivity index (χ0v) is 12.3. The summed E-state index contributed by atoms with van der Waals surface area (Å²) in [4.78, 5) is 4.08. The molecule has 0 amide bonds. The highest BCUT2D eigenvalue weighted by molar-refractivity contribution is 7.89. The van der Waals surface area contributed by atoms with Crippen molar-refractivity contribution in [2.45, 2.75) is 17.4 Å². The predicted octanol–water partition coefficient (Wildman–Crippen LogP) is 1.19. The highest BCUT2D eigenvalue weighted by Crippen LogP contribution is 2.25. The van der Waals surface area contributed by atoms with Crippen molar-refractivity contribution in [2.75, 3.05) is 32.6 Å². The molecule has 106 valence electrons. The number of anilines is 1.